The van der Waals surface area contributed by atoms with E-state index in [9.17, 15) is 4.79 Å². The van der Waals surface area contributed by atoms with Gasteiger partial charge in [0.1, 0.15) is 0 Å². The molecule has 0 atom stereocenters. The van der Waals surface area contributed by atoms with Crippen LogP contribution in [0.25, 0.3) is 5.52 Å². The molecule has 0 bridgehead atoms. The molecule has 0 aromatic carbocycles. The molecule has 0 saturated carbocycles. The second-order valence-electron chi connectivity index (χ2n) is 5.68. The van der Waals surface area contributed by atoms with Crippen molar-refractivity contribution in [3.8, 4) is 0 Å². The maximum atomic E-state index is 12.7. The van der Waals surface area contributed by atoms with Crippen LogP contribution in [0.15, 0.2) is 73.4 Å². The number of rotatable bonds is 4. The van der Waals surface area contributed by atoms with Gasteiger partial charge < -0.3 is 5.32 Å². The Hall–Kier alpha value is -3.54. The fraction of sp³-hybridized carbons (Fsp3) is 0.0526. The molecule has 6 heteroatoms. The summed E-state index contributed by atoms with van der Waals surface area (Å²) in [6, 6.07) is 13.3. The number of H-pyrrole nitrogens is 2. The van der Waals surface area contributed by atoms with Crippen molar-refractivity contribution in [3.63, 3.8) is 0 Å². The zero-order valence-electron chi connectivity index (χ0n) is 13.4. The third-order valence-corrected chi connectivity index (χ3v) is 3.98. The van der Waals surface area contributed by atoms with Crippen molar-refractivity contribution in [1.29, 1.82) is 0 Å². The fourth-order valence-electron chi connectivity index (χ4n) is 2.82. The van der Waals surface area contributed by atoms with Crippen LogP contribution >= 0.6 is 0 Å². The van der Waals surface area contributed by atoms with Crippen molar-refractivity contribution in [2.45, 2.75) is 6.42 Å². The van der Waals surface area contributed by atoms with E-state index in [1.165, 1.54) is 0 Å². The first kappa shape index (κ1) is 15.0. The summed E-state index contributed by atoms with van der Waals surface area (Å²) in [7, 11) is 0. The number of nitrogens with zero attached hydrogens (tertiary/aromatic N) is 2. The van der Waals surface area contributed by atoms with Crippen LogP contribution in [0.5, 0.6) is 0 Å². The van der Waals surface area contributed by atoms with Crippen molar-refractivity contribution >= 4 is 17.1 Å². The maximum absolute atomic E-state index is 12.7. The lowest BCUT2D eigenvalue weighted by Gasteiger charge is -2.00. The number of fused-ring (bicyclic) bond motifs is 1. The van der Waals surface area contributed by atoms with E-state index >= 15 is 0 Å². The molecule has 4 rings (SSSR count). The number of carbonyl (C=O) groups excluding carboxylic acids is 1. The van der Waals surface area contributed by atoms with Crippen LogP contribution in [0.4, 0.5) is 5.69 Å². The second kappa shape index (κ2) is 6.52. The van der Waals surface area contributed by atoms with E-state index in [2.05, 4.69) is 20.3 Å². The molecule has 0 aliphatic carbocycles. The van der Waals surface area contributed by atoms with Gasteiger partial charge in [-0.25, -0.2) is 9.97 Å². The third-order valence-electron chi connectivity index (χ3n) is 3.98. The Morgan fingerprint density at radius 1 is 1.16 bits per heavy atom. The van der Waals surface area contributed by atoms with E-state index in [-0.39, 0.29) is 5.91 Å². The number of nitrogens with one attached hydrogen (secondary N) is 3. The maximum Gasteiger partial charge on any atom is 0.299 e. The van der Waals surface area contributed by atoms with Gasteiger partial charge in [-0.15, -0.1) is 0 Å². The number of aromatic nitrogens is 4. The van der Waals surface area contributed by atoms with Crippen LogP contribution in [0.1, 0.15) is 21.9 Å². The van der Waals surface area contributed by atoms with Gasteiger partial charge in [0.25, 0.3) is 11.7 Å². The standard InChI is InChI=1S/C19H15N5O/c25-19(22-15-6-9-20-10-7-15)18-16-5-1-2-11-24(16)17(23-18)12-14-4-3-8-21-13-14/h1-11,13H,12H2,(H,20,22,25)/p+2. The summed E-state index contributed by atoms with van der Waals surface area (Å²) in [5, 5.41) is 2.90. The Balaban J connectivity index is 1.71. The monoisotopic (exact) mass is 331 g/mol. The van der Waals surface area contributed by atoms with Crippen LogP contribution in [0.2, 0.25) is 0 Å². The summed E-state index contributed by atoms with van der Waals surface area (Å²) in [6.07, 6.45) is 9.76. The van der Waals surface area contributed by atoms with Crippen molar-refractivity contribution in [2.75, 3.05) is 5.32 Å². The zero-order valence-corrected chi connectivity index (χ0v) is 13.4. The summed E-state index contributed by atoms with van der Waals surface area (Å²) in [4.78, 5) is 23.0. The third kappa shape index (κ3) is 3.10. The number of imidazole rings is 1. The minimum atomic E-state index is -0.180. The topological polar surface area (TPSA) is 76.0 Å². The Morgan fingerprint density at radius 2 is 2.04 bits per heavy atom. The Morgan fingerprint density at radius 3 is 2.84 bits per heavy atom. The molecule has 0 aliphatic heterocycles. The van der Waals surface area contributed by atoms with Crippen molar-refractivity contribution in [2.24, 2.45) is 0 Å². The zero-order chi connectivity index (χ0) is 17.1. The molecule has 3 N–H and O–H groups in total. The number of hydrogen-bond donors (Lipinski definition) is 2. The molecule has 0 unspecified atom stereocenters. The lowest BCUT2D eigenvalue weighted by Crippen LogP contribution is -2.24. The largest absolute Gasteiger partial charge is 0.319 e. The molecule has 0 saturated heterocycles. The minimum Gasteiger partial charge on any atom is -0.319 e. The quantitative estimate of drug-likeness (QED) is 0.560. The van der Waals surface area contributed by atoms with Gasteiger partial charge in [-0.1, -0.05) is 6.07 Å². The van der Waals surface area contributed by atoms with E-state index in [1.54, 1.807) is 24.5 Å². The second-order valence-corrected chi connectivity index (χ2v) is 5.68. The lowest BCUT2D eigenvalue weighted by molar-refractivity contribution is -0.520. The SMILES string of the molecule is O=C(Nc1ccncc1)c1[nH]c(Cc2ccc[nH+]c2)[n+]2ccccc12. The number of pyridine rings is 3. The summed E-state index contributed by atoms with van der Waals surface area (Å²) in [5.74, 6) is 0.760. The minimum absolute atomic E-state index is 0.180. The normalized spacial score (nSPS) is 10.7. The van der Waals surface area contributed by atoms with Gasteiger partial charge in [0.05, 0.1) is 12.6 Å². The molecular formula is C19H17N5O+2. The molecule has 4 heterocycles. The van der Waals surface area contributed by atoms with Crippen LogP contribution in [0.3, 0.4) is 0 Å². The molecule has 0 spiro atoms. The summed E-state index contributed by atoms with van der Waals surface area (Å²) in [6.45, 7) is 0. The number of carbonyl (C=O) groups is 1. The molecule has 0 radical (unpaired) electrons. The summed E-state index contributed by atoms with van der Waals surface area (Å²) < 4.78 is 2.01. The molecule has 6 nitrogen and oxygen atoms in total. The number of hydrogen-bond acceptors (Lipinski definition) is 2. The summed E-state index contributed by atoms with van der Waals surface area (Å²) in [5.41, 5.74) is 3.21. The highest BCUT2D eigenvalue weighted by Crippen LogP contribution is 2.12. The molecule has 4 aromatic rings. The number of aromatic amines is 2. The Bertz CT molecular complexity index is 1010. The molecule has 4 aromatic heterocycles. The highest BCUT2D eigenvalue weighted by Gasteiger charge is 2.24. The van der Waals surface area contributed by atoms with E-state index in [4.69, 9.17) is 0 Å². The van der Waals surface area contributed by atoms with Crippen molar-refractivity contribution in [1.82, 2.24) is 9.97 Å². The van der Waals surface area contributed by atoms with E-state index in [0.717, 1.165) is 16.9 Å². The predicted molar refractivity (Wildman–Crippen MR) is 91.9 cm³/mol. The van der Waals surface area contributed by atoms with Gasteiger partial charge in [-0.05, 0) is 30.3 Å². The van der Waals surface area contributed by atoms with Crippen molar-refractivity contribution in [3.05, 3.63) is 90.5 Å². The lowest BCUT2D eigenvalue weighted by atomic mass is 10.2. The van der Waals surface area contributed by atoms with Gasteiger partial charge in [0.15, 0.2) is 17.9 Å². The van der Waals surface area contributed by atoms with Crippen LogP contribution < -0.4 is 14.7 Å². The average Bonchev–Trinajstić information content (AvgIpc) is 3.02. The van der Waals surface area contributed by atoms with Gasteiger partial charge in [0, 0.05) is 29.7 Å². The molecular weight excluding hydrogens is 314 g/mol. The molecule has 0 aliphatic rings. The molecule has 122 valence electrons. The number of amides is 1. The van der Waals surface area contributed by atoms with Crippen LogP contribution in [0, 0.1) is 0 Å². The molecule has 0 fully saturated rings. The van der Waals surface area contributed by atoms with E-state index in [1.807, 2.05) is 53.3 Å². The van der Waals surface area contributed by atoms with Crippen LogP contribution in [-0.4, -0.2) is 15.9 Å². The van der Waals surface area contributed by atoms with Gasteiger partial charge in [-0.2, -0.15) is 4.40 Å². The van der Waals surface area contributed by atoms with Gasteiger partial charge in [-0.3, -0.25) is 9.78 Å². The van der Waals surface area contributed by atoms with E-state index < -0.39 is 0 Å². The first-order valence-corrected chi connectivity index (χ1v) is 7.99. The molecule has 25 heavy (non-hydrogen) atoms. The molecule has 1 amide bonds. The fourth-order valence-corrected chi connectivity index (χ4v) is 2.82. The highest BCUT2D eigenvalue weighted by molar-refractivity contribution is 6.06. The van der Waals surface area contributed by atoms with Crippen LogP contribution in [-0.2, 0) is 6.42 Å². The predicted octanol–water partition coefficient (Wildman–Crippen LogP) is 1.81. The Kier molecular flexibility index (Phi) is 3.92. The van der Waals surface area contributed by atoms with E-state index in [0.29, 0.717) is 17.8 Å². The van der Waals surface area contributed by atoms with Gasteiger partial charge in [0.2, 0.25) is 5.69 Å². The summed E-state index contributed by atoms with van der Waals surface area (Å²) >= 11 is 0. The smallest absolute Gasteiger partial charge is 0.299 e. The average molecular weight is 331 g/mol. The first-order chi connectivity index (χ1) is 12.3. The Labute approximate surface area is 144 Å². The van der Waals surface area contributed by atoms with Crippen molar-refractivity contribution < 1.29 is 14.2 Å². The number of anilines is 1. The highest BCUT2D eigenvalue weighted by atomic mass is 16.1. The first-order valence-electron chi connectivity index (χ1n) is 7.99. The van der Waals surface area contributed by atoms with Gasteiger partial charge >= 0.3 is 0 Å².